The Morgan fingerprint density at radius 2 is 1.78 bits per heavy atom. The van der Waals surface area contributed by atoms with Crippen LogP contribution in [0.5, 0.6) is 11.5 Å². The van der Waals surface area contributed by atoms with Crippen LogP contribution in [0.3, 0.4) is 0 Å². The van der Waals surface area contributed by atoms with E-state index in [2.05, 4.69) is 22.1 Å². The third-order valence-corrected chi connectivity index (χ3v) is 8.93. The van der Waals surface area contributed by atoms with Crippen molar-refractivity contribution >= 4 is 23.5 Å². The van der Waals surface area contributed by atoms with Crippen LogP contribution in [-0.4, -0.2) is 49.7 Å². The second-order valence-corrected chi connectivity index (χ2v) is 13.8. The number of likely N-dealkylation sites (tertiary alicyclic amines) is 1. The zero-order valence-corrected chi connectivity index (χ0v) is 29.1. The molecule has 0 bridgehead atoms. The number of ether oxygens (including phenoxy) is 2. The SMILES string of the molecule is CCn1cc(C(=O)Nc2ccc(Oc3ccnc(N)c3C#CCC3CCN(C(=O)OC(C)(C)C)CC3)c(F)c2)c(=O)n(C2CCCCC2)c1=O. The van der Waals surface area contributed by atoms with Crippen LogP contribution in [0.2, 0.25) is 0 Å². The van der Waals surface area contributed by atoms with Gasteiger partial charge in [0.25, 0.3) is 11.5 Å². The van der Waals surface area contributed by atoms with Gasteiger partial charge in [0.2, 0.25) is 0 Å². The maximum atomic E-state index is 15.3. The summed E-state index contributed by atoms with van der Waals surface area (Å²) in [7, 11) is 0. The Morgan fingerprint density at radius 3 is 2.44 bits per heavy atom. The fraction of sp³-hybridized carbons (Fsp3) is 0.486. The van der Waals surface area contributed by atoms with Gasteiger partial charge in [0.15, 0.2) is 11.6 Å². The molecule has 2 amide bonds. The first-order chi connectivity index (χ1) is 23.8. The molecule has 1 aliphatic carbocycles. The maximum Gasteiger partial charge on any atom is 0.410 e. The lowest BCUT2D eigenvalue weighted by atomic mass is 9.94. The van der Waals surface area contributed by atoms with Crippen LogP contribution < -0.4 is 27.0 Å². The summed E-state index contributed by atoms with van der Waals surface area (Å²) in [4.78, 5) is 57.9. The molecule has 2 fully saturated rings. The predicted molar refractivity (Wildman–Crippen MR) is 188 cm³/mol. The minimum atomic E-state index is -0.771. The quantitative estimate of drug-likeness (QED) is 0.284. The lowest BCUT2D eigenvalue weighted by Gasteiger charge is -2.32. The van der Waals surface area contributed by atoms with E-state index >= 15 is 4.39 Å². The third kappa shape index (κ3) is 8.72. The number of aryl methyl sites for hydroxylation is 1. The molecule has 0 unspecified atom stereocenters. The zero-order valence-electron chi connectivity index (χ0n) is 29.1. The number of hydrogen-bond acceptors (Lipinski definition) is 8. The molecule has 3 aromatic rings. The number of halogens is 1. The van der Waals surface area contributed by atoms with Gasteiger partial charge >= 0.3 is 11.8 Å². The Hall–Kier alpha value is -5.12. The Bertz CT molecular complexity index is 1910. The number of carbonyl (C=O) groups is 2. The highest BCUT2D eigenvalue weighted by Gasteiger charge is 2.27. The minimum absolute atomic E-state index is 0.102. The molecule has 1 saturated heterocycles. The number of nitrogens with two attached hydrogens (primary N) is 1. The Morgan fingerprint density at radius 1 is 1.06 bits per heavy atom. The topological polar surface area (TPSA) is 151 Å². The van der Waals surface area contributed by atoms with E-state index in [4.69, 9.17) is 15.2 Å². The lowest BCUT2D eigenvalue weighted by Crippen LogP contribution is -2.45. The average molecular weight is 689 g/mol. The van der Waals surface area contributed by atoms with Crippen molar-refractivity contribution in [3.63, 3.8) is 0 Å². The highest BCUT2D eigenvalue weighted by Crippen LogP contribution is 2.31. The molecule has 1 aromatic carbocycles. The van der Waals surface area contributed by atoms with Crippen molar-refractivity contribution in [1.82, 2.24) is 19.0 Å². The second kappa shape index (κ2) is 15.6. The van der Waals surface area contributed by atoms with Crippen LogP contribution in [0.4, 0.5) is 20.7 Å². The van der Waals surface area contributed by atoms with Crippen LogP contribution in [-0.2, 0) is 11.3 Å². The summed E-state index contributed by atoms with van der Waals surface area (Å²) in [6.07, 6.45) is 8.78. The third-order valence-electron chi connectivity index (χ3n) is 8.93. The van der Waals surface area contributed by atoms with E-state index in [0.717, 1.165) is 38.2 Å². The summed E-state index contributed by atoms with van der Waals surface area (Å²) in [5.41, 5.74) is 4.72. The van der Waals surface area contributed by atoms with E-state index in [0.29, 0.717) is 37.9 Å². The Labute approximate surface area is 290 Å². The van der Waals surface area contributed by atoms with Gasteiger partial charge in [-0.05, 0) is 71.4 Å². The molecule has 1 saturated carbocycles. The number of benzene rings is 1. The van der Waals surface area contributed by atoms with E-state index in [1.54, 1.807) is 11.8 Å². The number of aromatic nitrogens is 3. The van der Waals surface area contributed by atoms with Gasteiger partial charge in [0, 0.05) is 62.3 Å². The number of nitrogens with one attached hydrogen (secondary N) is 1. The van der Waals surface area contributed by atoms with E-state index in [1.165, 1.54) is 39.7 Å². The van der Waals surface area contributed by atoms with Crippen LogP contribution in [0.15, 0.2) is 46.2 Å². The number of piperidine rings is 1. The summed E-state index contributed by atoms with van der Waals surface area (Å²) >= 11 is 0. The van der Waals surface area contributed by atoms with Crippen molar-refractivity contribution < 1.29 is 23.5 Å². The van der Waals surface area contributed by atoms with Gasteiger partial charge in [-0.2, -0.15) is 0 Å². The zero-order chi connectivity index (χ0) is 36.0. The number of amides is 2. The lowest BCUT2D eigenvalue weighted by molar-refractivity contribution is 0.0185. The van der Waals surface area contributed by atoms with Crippen LogP contribution in [0, 0.1) is 23.6 Å². The molecular weight excluding hydrogens is 643 g/mol. The van der Waals surface area contributed by atoms with E-state index in [-0.39, 0.29) is 53.2 Å². The van der Waals surface area contributed by atoms with Crippen molar-refractivity contribution in [2.75, 3.05) is 24.1 Å². The summed E-state index contributed by atoms with van der Waals surface area (Å²) in [5, 5.41) is 2.59. The number of pyridine rings is 1. The molecule has 1 aliphatic heterocycles. The van der Waals surface area contributed by atoms with Gasteiger partial charge in [-0.15, -0.1) is 0 Å². The van der Waals surface area contributed by atoms with Crippen molar-refractivity contribution in [3.05, 3.63) is 74.4 Å². The Kier molecular flexibility index (Phi) is 11.3. The standard InChI is InChI=1S/C37H45FN6O6/c1-5-42-23-28(34(46)44(35(42)47)26-11-7-6-8-12-26)33(45)41-25-14-15-31(29(38)22-25)49-30-16-19-40-32(39)27(30)13-9-10-24-17-20-43(21-18-24)36(48)50-37(2,3)4/h14-16,19,22-24,26H,5-8,10-12,17-18,20-21H2,1-4H3,(H2,39,40)(H,41,45). The number of rotatable bonds is 7. The molecule has 0 radical (unpaired) electrons. The monoisotopic (exact) mass is 688 g/mol. The van der Waals surface area contributed by atoms with Crippen LogP contribution in [0.1, 0.15) is 101 Å². The second-order valence-electron chi connectivity index (χ2n) is 13.8. The first-order valence-electron chi connectivity index (χ1n) is 17.2. The molecule has 0 atom stereocenters. The molecule has 2 aliphatic rings. The van der Waals surface area contributed by atoms with Crippen molar-refractivity contribution in [3.8, 4) is 23.3 Å². The largest absolute Gasteiger partial charge is 0.453 e. The molecule has 3 heterocycles. The highest BCUT2D eigenvalue weighted by atomic mass is 19.1. The number of anilines is 2. The first-order valence-corrected chi connectivity index (χ1v) is 17.2. The number of nitrogen functional groups attached to an aromatic ring is 1. The van der Waals surface area contributed by atoms with Gasteiger partial charge in [-0.1, -0.05) is 31.1 Å². The Balaban J connectivity index is 1.25. The van der Waals surface area contributed by atoms with Crippen LogP contribution in [0.25, 0.3) is 0 Å². The fourth-order valence-corrected chi connectivity index (χ4v) is 6.24. The molecule has 2 aromatic heterocycles. The minimum Gasteiger partial charge on any atom is -0.453 e. The fourth-order valence-electron chi connectivity index (χ4n) is 6.24. The summed E-state index contributed by atoms with van der Waals surface area (Å²) in [6, 6.07) is 5.16. The first kappa shape index (κ1) is 36.2. The summed E-state index contributed by atoms with van der Waals surface area (Å²) < 4.78 is 29.2. The van der Waals surface area contributed by atoms with Gasteiger partial charge in [-0.25, -0.2) is 19.0 Å². The van der Waals surface area contributed by atoms with E-state index in [9.17, 15) is 19.2 Å². The van der Waals surface area contributed by atoms with Gasteiger partial charge in [0.05, 0.1) is 0 Å². The van der Waals surface area contributed by atoms with Gasteiger partial charge < -0.3 is 25.4 Å². The number of nitrogens with zero attached hydrogens (tertiary/aromatic N) is 4. The van der Waals surface area contributed by atoms with Crippen LogP contribution >= 0.6 is 0 Å². The molecule has 5 rings (SSSR count). The predicted octanol–water partition coefficient (Wildman–Crippen LogP) is 6.08. The molecule has 0 spiro atoms. The highest BCUT2D eigenvalue weighted by molar-refractivity contribution is 6.03. The number of carbonyl (C=O) groups excluding carboxylic acids is 2. The molecule has 266 valence electrons. The molecule has 13 heteroatoms. The van der Waals surface area contributed by atoms with E-state index < -0.39 is 28.6 Å². The van der Waals surface area contributed by atoms with Gasteiger partial charge in [0.1, 0.15) is 28.3 Å². The van der Waals surface area contributed by atoms with E-state index in [1.807, 2.05) is 20.8 Å². The normalized spacial score (nSPS) is 15.6. The molecule has 50 heavy (non-hydrogen) atoms. The maximum absolute atomic E-state index is 15.3. The van der Waals surface area contributed by atoms with Gasteiger partial charge in [-0.3, -0.25) is 18.7 Å². The molecule has 12 nitrogen and oxygen atoms in total. The van der Waals surface area contributed by atoms with Crippen molar-refractivity contribution in [1.29, 1.82) is 0 Å². The smallest absolute Gasteiger partial charge is 0.410 e. The van der Waals surface area contributed by atoms with Crippen molar-refractivity contribution in [2.24, 2.45) is 5.92 Å². The summed E-state index contributed by atoms with van der Waals surface area (Å²) in [6.45, 7) is 8.75. The number of hydrogen-bond donors (Lipinski definition) is 2. The van der Waals surface area contributed by atoms with Crippen molar-refractivity contribution in [2.45, 2.75) is 97.2 Å². The molecular formula is C37H45FN6O6. The molecule has 3 N–H and O–H groups in total. The average Bonchev–Trinajstić information content (AvgIpc) is 3.07. The summed E-state index contributed by atoms with van der Waals surface area (Å²) in [5.74, 6) is 5.16.